The number of fused-ring (bicyclic) bond motifs is 3. The number of piperidine rings is 2. The molecule has 3 atom stereocenters. The summed E-state index contributed by atoms with van der Waals surface area (Å²) in [5, 5.41) is 0. The first kappa shape index (κ1) is 12.9. The van der Waals surface area contributed by atoms with E-state index < -0.39 is 0 Å². The van der Waals surface area contributed by atoms with Gasteiger partial charge in [-0.1, -0.05) is 0 Å². The van der Waals surface area contributed by atoms with Crippen LogP contribution in [0, 0.1) is 11.8 Å². The average molecular weight is 253 g/mol. The zero-order valence-electron chi connectivity index (χ0n) is 11.4. The van der Waals surface area contributed by atoms with E-state index in [1.165, 1.54) is 38.9 Å². The third-order valence-electron chi connectivity index (χ3n) is 5.21. The Morgan fingerprint density at radius 2 is 1.94 bits per heavy atom. The van der Waals surface area contributed by atoms with Crippen molar-refractivity contribution in [2.75, 3.05) is 52.5 Å². The van der Waals surface area contributed by atoms with Gasteiger partial charge < -0.3 is 10.5 Å². The van der Waals surface area contributed by atoms with Crippen LogP contribution in [0.4, 0.5) is 0 Å². The summed E-state index contributed by atoms with van der Waals surface area (Å²) < 4.78 is 5.40. The minimum absolute atomic E-state index is 0.809. The fraction of sp³-hybridized carbons (Fsp3) is 1.00. The molecule has 3 heterocycles. The Kier molecular flexibility index (Phi) is 4.19. The minimum atomic E-state index is 0.809. The summed E-state index contributed by atoms with van der Waals surface area (Å²) >= 11 is 0. The lowest BCUT2D eigenvalue weighted by Gasteiger charge is -2.50. The smallest absolute Gasteiger partial charge is 0.0594 e. The number of hydrogen-bond acceptors (Lipinski definition) is 4. The molecule has 4 fully saturated rings. The molecule has 3 aliphatic heterocycles. The van der Waals surface area contributed by atoms with Crippen molar-refractivity contribution in [3.05, 3.63) is 0 Å². The molecule has 4 nitrogen and oxygen atoms in total. The molecule has 0 spiro atoms. The van der Waals surface area contributed by atoms with Crippen molar-refractivity contribution >= 4 is 0 Å². The topological polar surface area (TPSA) is 41.7 Å². The zero-order chi connectivity index (χ0) is 12.4. The van der Waals surface area contributed by atoms with E-state index in [0.29, 0.717) is 0 Å². The van der Waals surface area contributed by atoms with Gasteiger partial charge in [0.25, 0.3) is 0 Å². The van der Waals surface area contributed by atoms with Gasteiger partial charge in [-0.15, -0.1) is 0 Å². The molecule has 0 aromatic rings. The number of morpholine rings is 1. The minimum Gasteiger partial charge on any atom is -0.379 e. The highest BCUT2D eigenvalue weighted by atomic mass is 16.5. The van der Waals surface area contributed by atoms with Gasteiger partial charge in [0.05, 0.1) is 13.2 Å². The zero-order valence-corrected chi connectivity index (χ0v) is 11.4. The summed E-state index contributed by atoms with van der Waals surface area (Å²) in [5.74, 6) is 1.69. The van der Waals surface area contributed by atoms with Crippen LogP contribution in [-0.2, 0) is 4.74 Å². The van der Waals surface area contributed by atoms with E-state index in [1.54, 1.807) is 0 Å². The number of nitrogens with zero attached hydrogens (tertiary/aromatic N) is 2. The molecule has 4 rings (SSSR count). The van der Waals surface area contributed by atoms with E-state index in [-0.39, 0.29) is 0 Å². The van der Waals surface area contributed by atoms with Gasteiger partial charge in [-0.25, -0.2) is 0 Å². The van der Waals surface area contributed by atoms with E-state index in [1.807, 2.05) is 0 Å². The van der Waals surface area contributed by atoms with Crippen molar-refractivity contribution in [2.45, 2.75) is 25.3 Å². The molecule has 2 N–H and O–H groups in total. The van der Waals surface area contributed by atoms with Gasteiger partial charge in [-0.05, 0) is 37.6 Å². The molecule has 0 amide bonds. The maximum absolute atomic E-state index is 5.89. The van der Waals surface area contributed by atoms with Gasteiger partial charge in [0.1, 0.15) is 0 Å². The van der Waals surface area contributed by atoms with Crippen molar-refractivity contribution < 1.29 is 4.74 Å². The summed E-state index contributed by atoms with van der Waals surface area (Å²) in [4.78, 5) is 5.28. The predicted octanol–water partition coefficient (Wildman–Crippen LogP) is 0.378. The molecule has 0 aromatic carbocycles. The third-order valence-corrected chi connectivity index (χ3v) is 5.21. The maximum Gasteiger partial charge on any atom is 0.0594 e. The quantitative estimate of drug-likeness (QED) is 0.786. The van der Waals surface area contributed by atoms with Crippen LogP contribution in [0.5, 0.6) is 0 Å². The van der Waals surface area contributed by atoms with Gasteiger partial charge in [-0.2, -0.15) is 0 Å². The summed E-state index contributed by atoms with van der Waals surface area (Å²) in [6, 6.07) is 0.824. The highest BCUT2D eigenvalue weighted by Gasteiger charge is 2.39. The van der Waals surface area contributed by atoms with E-state index in [4.69, 9.17) is 10.5 Å². The van der Waals surface area contributed by atoms with Gasteiger partial charge in [0.2, 0.25) is 0 Å². The van der Waals surface area contributed by atoms with Crippen molar-refractivity contribution in [2.24, 2.45) is 17.6 Å². The van der Waals surface area contributed by atoms with Crippen LogP contribution < -0.4 is 5.73 Å². The molecule has 3 saturated heterocycles. The number of rotatable bonds is 4. The summed E-state index contributed by atoms with van der Waals surface area (Å²) in [6.07, 6.45) is 4.18. The molecule has 0 radical (unpaired) electrons. The first-order chi connectivity index (χ1) is 8.86. The third kappa shape index (κ3) is 2.72. The average Bonchev–Trinajstić information content (AvgIpc) is 2.46. The predicted molar refractivity (Wildman–Crippen MR) is 72.5 cm³/mol. The Morgan fingerprint density at radius 3 is 2.61 bits per heavy atom. The van der Waals surface area contributed by atoms with Crippen LogP contribution in [0.1, 0.15) is 19.3 Å². The first-order valence-corrected chi connectivity index (χ1v) is 7.61. The van der Waals surface area contributed by atoms with Crippen LogP contribution in [0.15, 0.2) is 0 Å². The highest BCUT2D eigenvalue weighted by molar-refractivity contribution is 4.93. The molecule has 1 aliphatic carbocycles. The fourth-order valence-corrected chi connectivity index (χ4v) is 3.98. The van der Waals surface area contributed by atoms with E-state index >= 15 is 0 Å². The van der Waals surface area contributed by atoms with E-state index in [9.17, 15) is 0 Å². The Labute approximate surface area is 110 Å². The second-order valence-electron chi connectivity index (χ2n) is 6.17. The van der Waals surface area contributed by atoms with Crippen LogP contribution in [0.2, 0.25) is 0 Å². The van der Waals surface area contributed by atoms with Crippen molar-refractivity contribution in [1.29, 1.82) is 0 Å². The second kappa shape index (κ2) is 5.87. The molecule has 18 heavy (non-hydrogen) atoms. The van der Waals surface area contributed by atoms with Gasteiger partial charge in [0, 0.05) is 38.8 Å². The Morgan fingerprint density at radius 1 is 1.11 bits per heavy atom. The normalized spacial score (nSPS) is 38.2. The summed E-state index contributed by atoms with van der Waals surface area (Å²) in [6.45, 7) is 8.75. The Hall–Kier alpha value is -0.160. The highest BCUT2D eigenvalue weighted by Crippen LogP contribution is 2.38. The van der Waals surface area contributed by atoms with E-state index in [2.05, 4.69) is 9.80 Å². The molecule has 1 saturated carbocycles. The summed E-state index contributed by atoms with van der Waals surface area (Å²) in [7, 11) is 0. The van der Waals surface area contributed by atoms with E-state index in [0.717, 1.165) is 50.7 Å². The molecule has 0 aromatic heterocycles. The van der Waals surface area contributed by atoms with Gasteiger partial charge in [0.15, 0.2) is 0 Å². The fourth-order valence-electron chi connectivity index (χ4n) is 3.98. The molecular formula is C14H27N3O. The van der Waals surface area contributed by atoms with Crippen LogP contribution in [0.3, 0.4) is 0 Å². The summed E-state index contributed by atoms with van der Waals surface area (Å²) in [5.41, 5.74) is 5.89. The number of nitrogens with two attached hydrogens (primary N) is 1. The monoisotopic (exact) mass is 253 g/mol. The molecular weight excluding hydrogens is 226 g/mol. The van der Waals surface area contributed by atoms with Gasteiger partial charge in [-0.3, -0.25) is 9.80 Å². The lowest BCUT2D eigenvalue weighted by molar-refractivity contribution is -0.00894. The largest absolute Gasteiger partial charge is 0.379 e. The number of hydrogen-bond donors (Lipinski definition) is 1. The molecule has 3 unspecified atom stereocenters. The van der Waals surface area contributed by atoms with Gasteiger partial charge >= 0.3 is 0 Å². The molecule has 2 bridgehead atoms. The SMILES string of the molecule is NCC1CC2CCC1CN2CCN1CCOCC1. The van der Waals surface area contributed by atoms with Crippen molar-refractivity contribution in [1.82, 2.24) is 9.80 Å². The maximum atomic E-state index is 5.89. The molecule has 104 valence electrons. The lowest BCUT2D eigenvalue weighted by atomic mass is 9.72. The number of ether oxygens (including phenoxy) is 1. The van der Waals surface area contributed by atoms with Crippen molar-refractivity contribution in [3.63, 3.8) is 0 Å². The van der Waals surface area contributed by atoms with Crippen LogP contribution in [-0.4, -0.2) is 68.3 Å². The molecule has 4 aliphatic rings. The standard InChI is InChI=1S/C14H27N3O/c15-10-13-9-14-2-1-12(13)11-17(14)4-3-16-5-7-18-8-6-16/h12-14H,1-11,15H2. The Balaban J connectivity index is 1.46. The van der Waals surface area contributed by atoms with Crippen LogP contribution >= 0.6 is 0 Å². The lowest BCUT2D eigenvalue weighted by Crippen LogP contribution is -2.55. The molecule has 4 heteroatoms. The Bertz CT molecular complexity index is 268. The first-order valence-electron chi connectivity index (χ1n) is 7.61. The second-order valence-corrected chi connectivity index (χ2v) is 6.17. The van der Waals surface area contributed by atoms with Crippen molar-refractivity contribution in [3.8, 4) is 0 Å². The van der Waals surface area contributed by atoms with Crippen LogP contribution in [0.25, 0.3) is 0 Å².